The lowest BCUT2D eigenvalue weighted by molar-refractivity contribution is -0.116. The van der Waals surface area contributed by atoms with Crippen LogP contribution in [0.4, 0.5) is 5.69 Å². The molecule has 1 N–H and O–H groups in total. The first-order valence-electron chi connectivity index (χ1n) is 8.63. The molecule has 27 heavy (non-hydrogen) atoms. The third kappa shape index (κ3) is 3.69. The molecule has 0 aliphatic heterocycles. The molecule has 0 aliphatic carbocycles. The van der Waals surface area contributed by atoms with Crippen LogP contribution in [0.3, 0.4) is 0 Å². The molecular weight excluding hydrogens is 346 g/mol. The van der Waals surface area contributed by atoms with Crippen molar-refractivity contribution in [2.75, 3.05) is 19.5 Å². The fourth-order valence-electron chi connectivity index (χ4n) is 3.08. The summed E-state index contributed by atoms with van der Waals surface area (Å²) in [6, 6.07) is 3.61. The van der Waals surface area contributed by atoms with Crippen LogP contribution in [-0.2, 0) is 11.2 Å². The Kier molecular flexibility index (Phi) is 5.25. The van der Waals surface area contributed by atoms with Gasteiger partial charge in [0.15, 0.2) is 11.5 Å². The Morgan fingerprint density at radius 1 is 1.15 bits per heavy atom. The van der Waals surface area contributed by atoms with E-state index in [0.717, 1.165) is 22.5 Å². The van der Waals surface area contributed by atoms with Gasteiger partial charge >= 0.3 is 0 Å². The van der Waals surface area contributed by atoms with Crippen LogP contribution >= 0.6 is 0 Å². The number of nitrogens with one attached hydrogen (secondary N) is 1. The second kappa shape index (κ2) is 7.61. The van der Waals surface area contributed by atoms with Crippen LogP contribution in [0.1, 0.15) is 28.9 Å². The van der Waals surface area contributed by atoms with Crippen molar-refractivity contribution < 1.29 is 14.3 Å². The first-order valence-corrected chi connectivity index (χ1v) is 8.63. The van der Waals surface area contributed by atoms with Gasteiger partial charge in [-0.25, -0.2) is 9.50 Å². The predicted molar refractivity (Wildman–Crippen MR) is 101 cm³/mol. The maximum Gasteiger partial charge on any atom is 0.252 e. The number of nitrogens with zero attached hydrogens (tertiary/aromatic N) is 4. The van der Waals surface area contributed by atoms with Crippen molar-refractivity contribution in [3.05, 3.63) is 41.0 Å². The molecule has 3 aromatic rings. The number of ether oxygens (including phenoxy) is 2. The van der Waals surface area contributed by atoms with Crippen molar-refractivity contribution >= 4 is 17.4 Å². The van der Waals surface area contributed by atoms with Gasteiger partial charge in [-0.1, -0.05) is 0 Å². The maximum absolute atomic E-state index is 12.5. The van der Waals surface area contributed by atoms with Gasteiger partial charge in [0.25, 0.3) is 5.78 Å². The lowest BCUT2D eigenvalue weighted by atomic mass is 10.1. The van der Waals surface area contributed by atoms with Crippen LogP contribution in [-0.4, -0.2) is 39.7 Å². The summed E-state index contributed by atoms with van der Waals surface area (Å²) >= 11 is 0. The van der Waals surface area contributed by atoms with Crippen LogP contribution in [0.15, 0.2) is 18.5 Å². The summed E-state index contributed by atoms with van der Waals surface area (Å²) in [5.41, 5.74) is 4.43. The van der Waals surface area contributed by atoms with Crippen LogP contribution < -0.4 is 14.8 Å². The zero-order chi connectivity index (χ0) is 19.6. The van der Waals surface area contributed by atoms with E-state index >= 15 is 0 Å². The Labute approximate surface area is 157 Å². The van der Waals surface area contributed by atoms with E-state index in [-0.39, 0.29) is 5.91 Å². The highest BCUT2D eigenvalue weighted by atomic mass is 16.5. The predicted octanol–water partition coefficient (Wildman–Crippen LogP) is 2.64. The zero-order valence-electron chi connectivity index (χ0n) is 16.2. The number of aryl methyl sites for hydroxylation is 3. The molecule has 1 aromatic carbocycles. The number of carbonyl (C=O) groups excluding carboxylic acids is 1. The molecule has 8 heteroatoms. The molecule has 142 valence electrons. The number of fused-ring (bicyclic) bond motifs is 1. The van der Waals surface area contributed by atoms with Gasteiger partial charge in [0, 0.05) is 29.6 Å². The van der Waals surface area contributed by atoms with Gasteiger partial charge in [-0.2, -0.15) is 10.1 Å². The van der Waals surface area contributed by atoms with Crippen molar-refractivity contribution in [2.24, 2.45) is 0 Å². The average Bonchev–Trinajstić information content (AvgIpc) is 3.11. The SMILES string of the molecule is COc1cc(C)c(NC(=O)CCc2c(C)nc3ncnn3c2C)cc1OC. The molecule has 0 aliphatic rings. The second-order valence-electron chi connectivity index (χ2n) is 6.30. The summed E-state index contributed by atoms with van der Waals surface area (Å²) in [6.45, 7) is 5.80. The van der Waals surface area contributed by atoms with Crippen LogP contribution in [0.2, 0.25) is 0 Å². The molecule has 0 spiro atoms. The minimum absolute atomic E-state index is 0.0807. The Hall–Kier alpha value is -3.16. The normalized spacial score (nSPS) is 10.9. The van der Waals surface area contributed by atoms with E-state index in [9.17, 15) is 4.79 Å². The molecule has 0 saturated heterocycles. The van der Waals surface area contributed by atoms with Crippen molar-refractivity contribution in [3.63, 3.8) is 0 Å². The van der Waals surface area contributed by atoms with Crippen molar-refractivity contribution in [3.8, 4) is 11.5 Å². The van der Waals surface area contributed by atoms with Gasteiger partial charge < -0.3 is 14.8 Å². The Balaban J connectivity index is 1.74. The number of carbonyl (C=O) groups is 1. The van der Waals surface area contributed by atoms with E-state index in [4.69, 9.17) is 9.47 Å². The number of rotatable bonds is 6. The summed E-state index contributed by atoms with van der Waals surface area (Å²) in [6.07, 6.45) is 2.38. The summed E-state index contributed by atoms with van der Waals surface area (Å²) < 4.78 is 12.3. The van der Waals surface area contributed by atoms with E-state index in [1.165, 1.54) is 6.33 Å². The van der Waals surface area contributed by atoms with E-state index in [1.54, 1.807) is 24.8 Å². The molecule has 1 amide bonds. The van der Waals surface area contributed by atoms with E-state index < -0.39 is 0 Å². The fraction of sp³-hybridized carbons (Fsp3) is 0.368. The van der Waals surface area contributed by atoms with Crippen LogP contribution in [0, 0.1) is 20.8 Å². The fourth-order valence-corrected chi connectivity index (χ4v) is 3.08. The average molecular weight is 369 g/mol. The number of methoxy groups -OCH3 is 2. The lowest BCUT2D eigenvalue weighted by Gasteiger charge is -2.14. The topological polar surface area (TPSA) is 90.6 Å². The van der Waals surface area contributed by atoms with E-state index in [1.807, 2.05) is 26.8 Å². The zero-order valence-corrected chi connectivity index (χ0v) is 16.2. The molecule has 0 unspecified atom stereocenters. The number of hydrogen-bond donors (Lipinski definition) is 1. The van der Waals surface area contributed by atoms with Crippen LogP contribution in [0.25, 0.3) is 5.78 Å². The number of amides is 1. The molecule has 8 nitrogen and oxygen atoms in total. The smallest absolute Gasteiger partial charge is 0.252 e. The number of benzene rings is 1. The van der Waals surface area contributed by atoms with Crippen molar-refractivity contribution in [1.82, 2.24) is 19.6 Å². The first-order chi connectivity index (χ1) is 12.9. The Morgan fingerprint density at radius 3 is 2.56 bits per heavy atom. The van der Waals surface area contributed by atoms with Gasteiger partial charge in [0.2, 0.25) is 5.91 Å². The summed E-state index contributed by atoms with van der Waals surface area (Å²) in [5.74, 6) is 1.69. The van der Waals surface area contributed by atoms with Gasteiger partial charge in [0.1, 0.15) is 6.33 Å². The highest BCUT2D eigenvalue weighted by molar-refractivity contribution is 5.92. The molecule has 2 aromatic heterocycles. The summed E-state index contributed by atoms with van der Waals surface area (Å²) in [4.78, 5) is 21.0. The standard InChI is InChI=1S/C19H23N5O3/c1-11-8-16(26-4)17(27-5)9-15(11)23-18(25)7-6-14-12(2)22-19-20-10-21-24(19)13(14)3/h8-10H,6-7H2,1-5H3,(H,23,25). The molecule has 0 fully saturated rings. The first kappa shape index (κ1) is 18.6. The molecule has 0 saturated carbocycles. The van der Waals surface area contributed by atoms with Gasteiger partial charge in [0.05, 0.1) is 14.2 Å². The van der Waals surface area contributed by atoms with Gasteiger partial charge in [-0.05, 0) is 44.4 Å². The molecule has 0 radical (unpaired) electrons. The Morgan fingerprint density at radius 2 is 1.85 bits per heavy atom. The molecule has 0 atom stereocenters. The highest BCUT2D eigenvalue weighted by Gasteiger charge is 2.14. The number of hydrogen-bond acceptors (Lipinski definition) is 6. The van der Waals surface area contributed by atoms with Crippen LogP contribution in [0.5, 0.6) is 11.5 Å². The largest absolute Gasteiger partial charge is 0.493 e. The molecular formula is C19H23N5O3. The summed E-state index contributed by atoms with van der Waals surface area (Å²) in [7, 11) is 3.15. The maximum atomic E-state index is 12.5. The second-order valence-corrected chi connectivity index (χ2v) is 6.30. The van der Waals surface area contributed by atoms with Crippen molar-refractivity contribution in [1.29, 1.82) is 0 Å². The van der Waals surface area contributed by atoms with Gasteiger partial charge in [-0.3, -0.25) is 4.79 Å². The quantitative estimate of drug-likeness (QED) is 0.718. The number of anilines is 1. The minimum atomic E-state index is -0.0807. The van der Waals surface area contributed by atoms with Gasteiger partial charge in [-0.15, -0.1) is 0 Å². The third-order valence-electron chi connectivity index (χ3n) is 4.60. The number of aromatic nitrogens is 4. The lowest BCUT2D eigenvalue weighted by Crippen LogP contribution is -2.15. The van der Waals surface area contributed by atoms with E-state index in [2.05, 4.69) is 20.4 Å². The monoisotopic (exact) mass is 369 g/mol. The highest BCUT2D eigenvalue weighted by Crippen LogP contribution is 2.33. The molecule has 3 rings (SSSR count). The van der Waals surface area contributed by atoms with Crippen molar-refractivity contribution in [2.45, 2.75) is 33.6 Å². The van der Waals surface area contributed by atoms with E-state index in [0.29, 0.717) is 35.8 Å². The molecule has 2 heterocycles. The summed E-state index contributed by atoms with van der Waals surface area (Å²) in [5, 5.41) is 7.13. The minimum Gasteiger partial charge on any atom is -0.493 e. The third-order valence-corrected chi connectivity index (χ3v) is 4.60. The Bertz CT molecular complexity index is 997. The molecule has 0 bridgehead atoms.